The summed E-state index contributed by atoms with van der Waals surface area (Å²) in [6, 6.07) is 6.94. The highest BCUT2D eigenvalue weighted by molar-refractivity contribution is 7.90. The van der Waals surface area contributed by atoms with Gasteiger partial charge in [0, 0.05) is 23.6 Å². The minimum atomic E-state index is -3.17. The van der Waals surface area contributed by atoms with Gasteiger partial charge in [0.2, 0.25) is 0 Å². The molecule has 0 aliphatic carbocycles. The molecule has 0 amide bonds. The van der Waals surface area contributed by atoms with Gasteiger partial charge in [-0.1, -0.05) is 30.7 Å². The smallest absolute Gasteiger partial charge is 0.155 e. The zero-order valence-electron chi connectivity index (χ0n) is 12.2. The van der Waals surface area contributed by atoms with Gasteiger partial charge in [-0.15, -0.1) is 0 Å². The minimum Gasteiger partial charge on any atom is -0.381 e. The summed E-state index contributed by atoms with van der Waals surface area (Å²) >= 11 is 5.82. The van der Waals surface area contributed by atoms with Gasteiger partial charge in [0.25, 0.3) is 0 Å². The van der Waals surface area contributed by atoms with Crippen molar-refractivity contribution in [3.63, 3.8) is 0 Å². The summed E-state index contributed by atoms with van der Waals surface area (Å²) in [4.78, 5) is 0. The normalized spacial score (nSPS) is 20.6. The minimum absolute atomic E-state index is 0.0326. The van der Waals surface area contributed by atoms with Crippen LogP contribution in [0.25, 0.3) is 0 Å². The molecule has 2 rings (SSSR count). The molecule has 0 bridgehead atoms. The fourth-order valence-corrected chi connectivity index (χ4v) is 4.54. The average molecular weight is 332 g/mol. The molecule has 1 saturated heterocycles. The van der Waals surface area contributed by atoms with Gasteiger partial charge in [0.1, 0.15) is 0 Å². The Morgan fingerprint density at radius 2 is 2.10 bits per heavy atom. The van der Waals surface area contributed by atoms with E-state index < -0.39 is 9.84 Å². The zero-order valence-corrected chi connectivity index (χ0v) is 13.8. The van der Waals surface area contributed by atoms with Crippen molar-refractivity contribution in [1.82, 2.24) is 5.32 Å². The van der Waals surface area contributed by atoms with Crippen LogP contribution in [0.1, 0.15) is 18.9 Å². The third kappa shape index (κ3) is 5.25. The van der Waals surface area contributed by atoms with Gasteiger partial charge in [0.05, 0.1) is 18.1 Å². The number of nitrogens with one attached hydrogen (secondary N) is 1. The molecule has 0 aromatic heterocycles. The molecule has 1 heterocycles. The molecule has 4 nitrogen and oxygen atoms in total. The van der Waals surface area contributed by atoms with Crippen LogP contribution < -0.4 is 5.32 Å². The Morgan fingerprint density at radius 3 is 2.67 bits per heavy atom. The van der Waals surface area contributed by atoms with Gasteiger partial charge in [-0.2, -0.15) is 0 Å². The van der Waals surface area contributed by atoms with Gasteiger partial charge in [0.15, 0.2) is 9.84 Å². The maximum absolute atomic E-state index is 12.4. The third-order valence-corrected chi connectivity index (χ3v) is 5.63. The van der Waals surface area contributed by atoms with Crippen molar-refractivity contribution in [3.05, 3.63) is 34.9 Å². The van der Waals surface area contributed by atoms with E-state index in [0.717, 1.165) is 25.1 Å². The Balaban J connectivity index is 2.01. The van der Waals surface area contributed by atoms with E-state index in [1.165, 1.54) is 0 Å². The summed E-state index contributed by atoms with van der Waals surface area (Å²) < 4.78 is 30.2. The fraction of sp³-hybridized carbons (Fsp3) is 0.600. The highest BCUT2D eigenvalue weighted by atomic mass is 35.5. The van der Waals surface area contributed by atoms with E-state index in [-0.39, 0.29) is 23.5 Å². The quantitative estimate of drug-likeness (QED) is 0.832. The second-order valence-electron chi connectivity index (χ2n) is 5.47. The predicted octanol–water partition coefficient (Wildman–Crippen LogP) is 2.27. The number of hydrogen-bond acceptors (Lipinski definition) is 4. The maximum atomic E-state index is 12.4. The van der Waals surface area contributed by atoms with Crippen LogP contribution in [-0.2, 0) is 20.3 Å². The Kier molecular flexibility index (Phi) is 6.05. The number of benzene rings is 1. The first-order chi connectivity index (χ1) is 10.00. The lowest BCUT2D eigenvalue weighted by atomic mass is 10.0. The van der Waals surface area contributed by atoms with Crippen molar-refractivity contribution in [3.8, 4) is 0 Å². The van der Waals surface area contributed by atoms with E-state index >= 15 is 0 Å². The monoisotopic (exact) mass is 331 g/mol. The number of halogens is 1. The Bertz CT molecular complexity index is 539. The van der Waals surface area contributed by atoms with Crippen LogP contribution in [0.3, 0.4) is 0 Å². The largest absolute Gasteiger partial charge is 0.381 e. The summed E-state index contributed by atoms with van der Waals surface area (Å²) in [5.74, 6) is 0.488. The Morgan fingerprint density at radius 1 is 1.38 bits per heavy atom. The van der Waals surface area contributed by atoms with Gasteiger partial charge >= 0.3 is 0 Å². The van der Waals surface area contributed by atoms with Gasteiger partial charge in [-0.25, -0.2) is 8.42 Å². The van der Waals surface area contributed by atoms with E-state index in [9.17, 15) is 8.42 Å². The highest BCUT2D eigenvalue weighted by Gasteiger charge is 2.29. The molecule has 6 heteroatoms. The average Bonchev–Trinajstić information content (AvgIpc) is 2.94. The fourth-order valence-electron chi connectivity index (χ4n) is 2.66. The molecule has 1 aromatic carbocycles. The number of hydrogen-bond donors (Lipinski definition) is 1. The topological polar surface area (TPSA) is 55.4 Å². The van der Waals surface area contributed by atoms with Crippen molar-refractivity contribution in [2.24, 2.45) is 5.92 Å². The zero-order chi connectivity index (χ0) is 15.3. The van der Waals surface area contributed by atoms with E-state index in [4.69, 9.17) is 16.3 Å². The van der Waals surface area contributed by atoms with E-state index in [1.807, 2.05) is 6.92 Å². The molecule has 2 unspecified atom stereocenters. The van der Waals surface area contributed by atoms with E-state index in [0.29, 0.717) is 11.6 Å². The molecule has 2 atom stereocenters. The molecule has 1 N–H and O–H groups in total. The van der Waals surface area contributed by atoms with Crippen LogP contribution in [0.2, 0.25) is 5.02 Å². The molecule has 0 spiro atoms. The van der Waals surface area contributed by atoms with E-state index in [2.05, 4.69) is 5.32 Å². The Hall–Kier alpha value is -0.620. The van der Waals surface area contributed by atoms with E-state index in [1.54, 1.807) is 24.3 Å². The van der Waals surface area contributed by atoms with Crippen LogP contribution in [-0.4, -0.2) is 40.0 Å². The van der Waals surface area contributed by atoms with Crippen molar-refractivity contribution >= 4 is 21.4 Å². The molecule has 0 saturated carbocycles. The summed E-state index contributed by atoms with van der Waals surface area (Å²) in [6.07, 6.45) is 0.925. The molecule has 1 aromatic rings. The summed E-state index contributed by atoms with van der Waals surface area (Å²) in [5, 5.41) is 3.91. The molecule has 1 aliphatic rings. The van der Waals surface area contributed by atoms with Crippen molar-refractivity contribution in [1.29, 1.82) is 0 Å². The highest BCUT2D eigenvalue weighted by Crippen LogP contribution is 2.20. The molecular formula is C15H22ClNO3S. The van der Waals surface area contributed by atoms with Crippen LogP contribution >= 0.6 is 11.6 Å². The second-order valence-corrected chi connectivity index (χ2v) is 8.01. The van der Waals surface area contributed by atoms with Crippen LogP contribution in [0.5, 0.6) is 0 Å². The van der Waals surface area contributed by atoms with Gasteiger partial charge in [-0.05, 0) is 30.7 Å². The van der Waals surface area contributed by atoms with Crippen LogP contribution in [0.4, 0.5) is 0 Å². The van der Waals surface area contributed by atoms with Crippen molar-refractivity contribution < 1.29 is 13.2 Å². The first kappa shape index (κ1) is 16.7. The lowest BCUT2D eigenvalue weighted by Crippen LogP contribution is -2.42. The summed E-state index contributed by atoms with van der Waals surface area (Å²) in [6.45, 7) is 4.13. The lowest BCUT2D eigenvalue weighted by molar-refractivity contribution is 0.179. The number of sulfone groups is 1. The summed E-state index contributed by atoms with van der Waals surface area (Å²) in [5.41, 5.74) is 0.775. The summed E-state index contributed by atoms with van der Waals surface area (Å²) in [7, 11) is -3.17. The SMILES string of the molecule is CCNC(CS(=O)(=O)Cc1ccc(Cl)cc1)C1CCOC1. The standard InChI is InChI=1S/C15H22ClNO3S/c1-2-17-15(13-7-8-20-9-13)11-21(18,19)10-12-3-5-14(16)6-4-12/h3-6,13,15,17H,2,7-11H2,1H3. The van der Waals surface area contributed by atoms with Crippen LogP contribution in [0, 0.1) is 5.92 Å². The number of rotatable bonds is 7. The first-order valence-electron chi connectivity index (χ1n) is 7.26. The molecule has 1 fully saturated rings. The molecule has 118 valence electrons. The lowest BCUT2D eigenvalue weighted by Gasteiger charge is -2.23. The van der Waals surface area contributed by atoms with Crippen molar-refractivity contribution in [2.45, 2.75) is 25.1 Å². The number of ether oxygens (including phenoxy) is 1. The molecular weight excluding hydrogens is 310 g/mol. The maximum Gasteiger partial charge on any atom is 0.155 e. The van der Waals surface area contributed by atoms with Gasteiger partial charge < -0.3 is 10.1 Å². The molecule has 1 aliphatic heterocycles. The third-order valence-electron chi connectivity index (χ3n) is 3.73. The second kappa shape index (κ2) is 7.58. The predicted molar refractivity (Wildman–Crippen MR) is 85.3 cm³/mol. The first-order valence-corrected chi connectivity index (χ1v) is 9.46. The molecule has 0 radical (unpaired) electrons. The molecule has 21 heavy (non-hydrogen) atoms. The Labute approximate surface area is 131 Å². The van der Waals surface area contributed by atoms with Gasteiger partial charge in [-0.3, -0.25) is 0 Å². The van der Waals surface area contributed by atoms with Crippen molar-refractivity contribution in [2.75, 3.05) is 25.5 Å². The van der Waals surface area contributed by atoms with Crippen LogP contribution in [0.15, 0.2) is 24.3 Å².